The summed E-state index contributed by atoms with van der Waals surface area (Å²) >= 11 is 0. The topological polar surface area (TPSA) is 72.6 Å². The maximum atomic E-state index is 12.2. The molecule has 1 aromatic carbocycles. The van der Waals surface area contributed by atoms with Crippen LogP contribution in [0.1, 0.15) is 25.3 Å². The zero-order valence-electron chi connectivity index (χ0n) is 12.8. The predicted molar refractivity (Wildman–Crippen MR) is 85.1 cm³/mol. The molecule has 1 saturated heterocycles. The van der Waals surface area contributed by atoms with E-state index in [-0.39, 0.29) is 17.7 Å². The van der Waals surface area contributed by atoms with Gasteiger partial charge in [0.15, 0.2) is 0 Å². The second-order valence-electron chi connectivity index (χ2n) is 5.31. The number of primary amides is 1. The number of rotatable bonds is 5. The van der Waals surface area contributed by atoms with Crippen LogP contribution in [0.5, 0.6) is 5.75 Å². The maximum Gasteiger partial charge on any atom is 0.246 e. The van der Waals surface area contributed by atoms with Crippen molar-refractivity contribution >= 4 is 17.9 Å². The molecule has 2 rings (SSSR count). The second-order valence-corrected chi connectivity index (χ2v) is 5.31. The molecule has 2 N–H and O–H groups in total. The van der Waals surface area contributed by atoms with Gasteiger partial charge in [-0.1, -0.05) is 18.2 Å². The first-order valence-corrected chi connectivity index (χ1v) is 7.60. The van der Waals surface area contributed by atoms with E-state index in [0.29, 0.717) is 32.5 Å². The van der Waals surface area contributed by atoms with Gasteiger partial charge >= 0.3 is 0 Å². The third-order valence-electron chi connectivity index (χ3n) is 3.83. The number of nitrogens with two attached hydrogens (primary N) is 1. The average molecular weight is 302 g/mol. The lowest BCUT2D eigenvalue weighted by Gasteiger charge is -2.29. The monoisotopic (exact) mass is 302 g/mol. The van der Waals surface area contributed by atoms with Crippen LogP contribution in [0.4, 0.5) is 0 Å². The Morgan fingerprint density at radius 1 is 1.32 bits per heavy atom. The van der Waals surface area contributed by atoms with Crippen molar-refractivity contribution in [2.75, 3.05) is 19.7 Å². The molecule has 2 amide bonds. The molecule has 0 bridgehead atoms. The molecule has 0 radical (unpaired) electrons. The summed E-state index contributed by atoms with van der Waals surface area (Å²) < 4.78 is 5.53. The van der Waals surface area contributed by atoms with Crippen LogP contribution in [0.15, 0.2) is 30.3 Å². The number of piperidine rings is 1. The van der Waals surface area contributed by atoms with Gasteiger partial charge < -0.3 is 15.4 Å². The van der Waals surface area contributed by atoms with Crippen molar-refractivity contribution in [2.24, 2.45) is 11.7 Å². The van der Waals surface area contributed by atoms with Gasteiger partial charge in [-0.2, -0.15) is 0 Å². The largest absolute Gasteiger partial charge is 0.493 e. The lowest BCUT2D eigenvalue weighted by molar-refractivity contribution is -0.130. The highest BCUT2D eigenvalue weighted by Gasteiger charge is 2.24. The molecule has 118 valence electrons. The maximum absolute atomic E-state index is 12.2. The number of hydrogen-bond acceptors (Lipinski definition) is 3. The molecule has 1 heterocycles. The lowest BCUT2D eigenvalue weighted by atomic mass is 9.96. The molecule has 5 nitrogen and oxygen atoms in total. The second kappa shape index (κ2) is 7.64. The van der Waals surface area contributed by atoms with E-state index in [1.807, 2.05) is 31.2 Å². The summed E-state index contributed by atoms with van der Waals surface area (Å²) in [7, 11) is 0. The summed E-state index contributed by atoms with van der Waals surface area (Å²) in [6.45, 7) is 3.65. The lowest BCUT2D eigenvalue weighted by Crippen LogP contribution is -2.41. The molecule has 0 spiro atoms. The minimum absolute atomic E-state index is 0.0470. The van der Waals surface area contributed by atoms with Crippen LogP contribution in [0, 0.1) is 5.92 Å². The first-order chi connectivity index (χ1) is 10.6. The van der Waals surface area contributed by atoms with E-state index >= 15 is 0 Å². The molecule has 0 saturated carbocycles. The van der Waals surface area contributed by atoms with Gasteiger partial charge in [0, 0.05) is 30.6 Å². The van der Waals surface area contributed by atoms with Gasteiger partial charge in [-0.3, -0.25) is 9.59 Å². The molecule has 1 aliphatic heterocycles. The average Bonchev–Trinajstić information content (AvgIpc) is 2.54. The Bertz CT molecular complexity index is 561. The van der Waals surface area contributed by atoms with Crippen LogP contribution in [-0.2, 0) is 9.59 Å². The van der Waals surface area contributed by atoms with E-state index in [9.17, 15) is 9.59 Å². The number of nitrogens with zero attached hydrogens (tertiary/aromatic N) is 1. The van der Waals surface area contributed by atoms with Crippen LogP contribution >= 0.6 is 0 Å². The Morgan fingerprint density at radius 2 is 2.00 bits per heavy atom. The molecule has 1 aromatic rings. The normalized spacial score (nSPS) is 16.0. The quantitative estimate of drug-likeness (QED) is 0.843. The van der Waals surface area contributed by atoms with Gasteiger partial charge in [-0.15, -0.1) is 0 Å². The first kappa shape index (κ1) is 16.1. The number of carbonyl (C=O) groups excluding carboxylic acids is 2. The summed E-state index contributed by atoms with van der Waals surface area (Å²) in [5, 5.41) is 0. The van der Waals surface area contributed by atoms with Crippen molar-refractivity contribution in [2.45, 2.75) is 19.8 Å². The third-order valence-corrected chi connectivity index (χ3v) is 3.83. The summed E-state index contributed by atoms with van der Waals surface area (Å²) in [4.78, 5) is 25.1. The van der Waals surface area contributed by atoms with E-state index in [2.05, 4.69) is 0 Å². The van der Waals surface area contributed by atoms with Crippen LogP contribution in [0.3, 0.4) is 0 Å². The number of hydrogen-bond donors (Lipinski definition) is 1. The molecule has 0 atom stereocenters. The zero-order chi connectivity index (χ0) is 15.9. The van der Waals surface area contributed by atoms with Crippen LogP contribution < -0.4 is 10.5 Å². The first-order valence-electron chi connectivity index (χ1n) is 7.60. The van der Waals surface area contributed by atoms with Crippen LogP contribution in [0.25, 0.3) is 6.08 Å². The summed E-state index contributed by atoms with van der Waals surface area (Å²) in [5.41, 5.74) is 6.18. The fourth-order valence-electron chi connectivity index (χ4n) is 2.56. The summed E-state index contributed by atoms with van der Waals surface area (Å²) in [5.74, 6) is 0.343. The van der Waals surface area contributed by atoms with Crippen molar-refractivity contribution in [1.82, 2.24) is 4.90 Å². The van der Waals surface area contributed by atoms with Gasteiger partial charge in [0.1, 0.15) is 5.75 Å². The van der Waals surface area contributed by atoms with E-state index in [1.54, 1.807) is 17.1 Å². The SMILES string of the molecule is CCOc1ccccc1/C=C/C(=O)N1CCC(C(N)=O)CC1. The Balaban J connectivity index is 1.96. The molecular formula is C17H22N2O3. The van der Waals surface area contributed by atoms with Crippen LogP contribution in [-0.4, -0.2) is 36.4 Å². The Hall–Kier alpha value is -2.30. The molecule has 5 heteroatoms. The van der Waals surface area contributed by atoms with Gasteiger partial charge in [0.25, 0.3) is 0 Å². The van der Waals surface area contributed by atoms with Crippen molar-refractivity contribution in [1.29, 1.82) is 0 Å². The fourth-order valence-corrected chi connectivity index (χ4v) is 2.56. The van der Waals surface area contributed by atoms with Crippen LogP contribution in [0.2, 0.25) is 0 Å². The van der Waals surface area contributed by atoms with Crippen molar-refractivity contribution in [3.8, 4) is 5.75 Å². The number of amides is 2. The number of ether oxygens (including phenoxy) is 1. The van der Waals surface area contributed by atoms with Gasteiger partial charge in [0.2, 0.25) is 11.8 Å². The highest BCUT2D eigenvalue weighted by atomic mass is 16.5. The molecule has 0 aliphatic carbocycles. The molecule has 1 fully saturated rings. The molecule has 22 heavy (non-hydrogen) atoms. The summed E-state index contributed by atoms with van der Waals surface area (Å²) in [6.07, 6.45) is 4.62. The van der Waals surface area contributed by atoms with Gasteiger partial charge in [-0.05, 0) is 31.9 Å². The fraction of sp³-hybridized carbons (Fsp3) is 0.412. The van der Waals surface area contributed by atoms with Crippen molar-refractivity contribution in [3.63, 3.8) is 0 Å². The summed E-state index contributed by atoms with van der Waals surface area (Å²) in [6, 6.07) is 7.60. The Morgan fingerprint density at radius 3 is 2.64 bits per heavy atom. The van der Waals surface area contributed by atoms with Gasteiger partial charge in [-0.25, -0.2) is 0 Å². The smallest absolute Gasteiger partial charge is 0.246 e. The van der Waals surface area contributed by atoms with E-state index in [0.717, 1.165) is 11.3 Å². The van der Waals surface area contributed by atoms with Crippen molar-refractivity contribution in [3.05, 3.63) is 35.9 Å². The Kier molecular flexibility index (Phi) is 5.58. The van der Waals surface area contributed by atoms with Gasteiger partial charge in [0.05, 0.1) is 6.61 Å². The molecule has 1 aliphatic rings. The predicted octanol–water partition coefficient (Wildman–Crippen LogP) is 1.82. The zero-order valence-corrected chi connectivity index (χ0v) is 12.8. The Labute approximate surface area is 130 Å². The van der Waals surface area contributed by atoms with E-state index in [1.165, 1.54) is 0 Å². The standard InChI is InChI=1S/C17H22N2O3/c1-2-22-15-6-4-3-5-13(15)7-8-16(20)19-11-9-14(10-12-19)17(18)21/h3-8,14H,2,9-12H2,1H3,(H2,18,21)/b8-7+. The number of para-hydroxylation sites is 1. The highest BCUT2D eigenvalue weighted by molar-refractivity contribution is 5.92. The molecule has 0 unspecified atom stereocenters. The van der Waals surface area contributed by atoms with E-state index in [4.69, 9.17) is 10.5 Å². The molecular weight excluding hydrogens is 280 g/mol. The van der Waals surface area contributed by atoms with E-state index < -0.39 is 0 Å². The number of benzene rings is 1. The number of likely N-dealkylation sites (tertiary alicyclic amines) is 1. The minimum Gasteiger partial charge on any atom is -0.493 e. The third kappa shape index (κ3) is 4.10. The molecule has 0 aromatic heterocycles. The number of carbonyl (C=O) groups is 2. The minimum atomic E-state index is -0.270. The van der Waals surface area contributed by atoms with Crippen molar-refractivity contribution < 1.29 is 14.3 Å². The highest BCUT2D eigenvalue weighted by Crippen LogP contribution is 2.20.